The minimum absolute atomic E-state index is 0.111. The van der Waals surface area contributed by atoms with Crippen molar-refractivity contribution in [1.29, 1.82) is 0 Å². The number of aryl methyl sites for hydroxylation is 1. The molecular formula is C17H22N2O. The van der Waals surface area contributed by atoms with E-state index in [0.29, 0.717) is 5.88 Å². The molecule has 0 fully saturated rings. The van der Waals surface area contributed by atoms with Gasteiger partial charge in [-0.2, -0.15) is 0 Å². The predicted molar refractivity (Wildman–Crippen MR) is 83.2 cm³/mol. The highest BCUT2D eigenvalue weighted by atomic mass is 16.5. The summed E-state index contributed by atoms with van der Waals surface area (Å²) in [7, 11) is 0. The van der Waals surface area contributed by atoms with Crippen LogP contribution in [-0.4, -0.2) is 11.1 Å². The summed E-state index contributed by atoms with van der Waals surface area (Å²) in [4.78, 5) is 4.29. The second-order valence-corrected chi connectivity index (χ2v) is 5.30. The third-order valence-electron chi connectivity index (χ3n) is 3.07. The molecule has 3 heteroatoms. The Bertz CT molecular complexity index is 549. The van der Waals surface area contributed by atoms with Crippen molar-refractivity contribution in [3.8, 4) is 5.88 Å². The summed E-state index contributed by atoms with van der Waals surface area (Å²) in [6.07, 6.45) is 1.86. The van der Waals surface area contributed by atoms with Gasteiger partial charge in [-0.15, -0.1) is 0 Å². The first kappa shape index (κ1) is 14.4. The molecule has 0 radical (unpaired) electrons. The van der Waals surface area contributed by atoms with Crippen LogP contribution in [0, 0.1) is 6.92 Å². The highest BCUT2D eigenvalue weighted by molar-refractivity contribution is 5.53. The van der Waals surface area contributed by atoms with E-state index in [4.69, 9.17) is 4.74 Å². The number of pyridine rings is 1. The molecule has 1 aromatic carbocycles. The molecule has 0 bridgehead atoms. The summed E-state index contributed by atoms with van der Waals surface area (Å²) in [5.41, 5.74) is 3.44. The highest BCUT2D eigenvalue weighted by Crippen LogP contribution is 2.26. The maximum Gasteiger partial charge on any atom is 0.237 e. The number of rotatable bonds is 5. The molecule has 3 nitrogen and oxygen atoms in total. The van der Waals surface area contributed by atoms with Crippen LogP contribution in [0.1, 0.15) is 37.9 Å². The van der Waals surface area contributed by atoms with Crippen molar-refractivity contribution < 1.29 is 4.74 Å². The number of hydrogen-bond acceptors (Lipinski definition) is 3. The first-order valence-electron chi connectivity index (χ1n) is 7.01. The van der Waals surface area contributed by atoms with Gasteiger partial charge in [-0.05, 0) is 45.4 Å². The number of nitrogens with one attached hydrogen (secondary N) is 1. The molecule has 106 valence electrons. The SMILES string of the molecule is Cc1ccc(C(C)Nc2cccnc2OC(C)C)cc1. The number of aromatic nitrogens is 1. The lowest BCUT2D eigenvalue weighted by atomic mass is 10.1. The van der Waals surface area contributed by atoms with Crippen LogP contribution in [-0.2, 0) is 0 Å². The zero-order valence-corrected chi connectivity index (χ0v) is 12.6. The first-order chi connectivity index (χ1) is 9.56. The summed E-state index contributed by atoms with van der Waals surface area (Å²) >= 11 is 0. The summed E-state index contributed by atoms with van der Waals surface area (Å²) in [5.74, 6) is 0.654. The topological polar surface area (TPSA) is 34.2 Å². The smallest absolute Gasteiger partial charge is 0.237 e. The molecule has 1 N–H and O–H groups in total. The molecule has 0 spiro atoms. The van der Waals surface area contributed by atoms with Crippen LogP contribution in [0.3, 0.4) is 0 Å². The second kappa shape index (κ2) is 6.42. The second-order valence-electron chi connectivity index (χ2n) is 5.30. The number of benzene rings is 1. The van der Waals surface area contributed by atoms with Crippen molar-refractivity contribution in [2.45, 2.75) is 39.8 Å². The van der Waals surface area contributed by atoms with Crippen LogP contribution in [0.4, 0.5) is 5.69 Å². The van der Waals surface area contributed by atoms with Gasteiger partial charge >= 0.3 is 0 Å². The van der Waals surface area contributed by atoms with Crippen LogP contribution in [0.5, 0.6) is 5.88 Å². The van der Waals surface area contributed by atoms with Gasteiger partial charge in [-0.3, -0.25) is 0 Å². The Labute approximate surface area is 121 Å². The molecule has 1 atom stereocenters. The van der Waals surface area contributed by atoms with E-state index >= 15 is 0 Å². The fraction of sp³-hybridized carbons (Fsp3) is 0.353. The number of ether oxygens (including phenoxy) is 1. The molecule has 0 saturated heterocycles. The Kier molecular flexibility index (Phi) is 4.61. The van der Waals surface area contributed by atoms with Crippen molar-refractivity contribution in [1.82, 2.24) is 4.98 Å². The number of hydrogen-bond donors (Lipinski definition) is 1. The zero-order chi connectivity index (χ0) is 14.5. The van der Waals surface area contributed by atoms with E-state index in [0.717, 1.165) is 5.69 Å². The lowest BCUT2D eigenvalue weighted by Crippen LogP contribution is -2.12. The molecule has 0 aliphatic heterocycles. The summed E-state index contributed by atoms with van der Waals surface area (Å²) in [5, 5.41) is 3.46. The van der Waals surface area contributed by atoms with Gasteiger partial charge in [0.05, 0.1) is 11.8 Å². The van der Waals surface area contributed by atoms with E-state index in [2.05, 4.69) is 48.4 Å². The molecule has 0 amide bonds. The highest BCUT2D eigenvalue weighted by Gasteiger charge is 2.10. The minimum Gasteiger partial charge on any atom is -0.473 e. The molecule has 20 heavy (non-hydrogen) atoms. The van der Waals surface area contributed by atoms with Crippen LogP contribution >= 0.6 is 0 Å². The van der Waals surface area contributed by atoms with Gasteiger partial charge in [0.2, 0.25) is 5.88 Å². The Morgan fingerprint density at radius 2 is 1.75 bits per heavy atom. The number of anilines is 1. The van der Waals surface area contributed by atoms with E-state index in [1.54, 1.807) is 6.20 Å². The van der Waals surface area contributed by atoms with E-state index in [-0.39, 0.29) is 12.1 Å². The molecule has 1 aromatic heterocycles. The molecular weight excluding hydrogens is 248 g/mol. The van der Waals surface area contributed by atoms with Gasteiger partial charge in [0, 0.05) is 12.2 Å². The van der Waals surface area contributed by atoms with E-state index in [1.165, 1.54) is 11.1 Å². The lowest BCUT2D eigenvalue weighted by Gasteiger charge is -2.19. The maximum absolute atomic E-state index is 5.73. The third-order valence-corrected chi connectivity index (χ3v) is 3.07. The fourth-order valence-corrected chi connectivity index (χ4v) is 1.99. The Morgan fingerprint density at radius 3 is 2.40 bits per heavy atom. The van der Waals surface area contributed by atoms with Gasteiger partial charge in [0.1, 0.15) is 0 Å². The molecule has 1 unspecified atom stereocenters. The van der Waals surface area contributed by atoms with E-state index < -0.39 is 0 Å². The van der Waals surface area contributed by atoms with E-state index in [9.17, 15) is 0 Å². The molecule has 2 rings (SSSR count). The van der Waals surface area contributed by atoms with Crippen LogP contribution in [0.15, 0.2) is 42.6 Å². The van der Waals surface area contributed by atoms with Crippen molar-refractivity contribution in [2.24, 2.45) is 0 Å². The van der Waals surface area contributed by atoms with Gasteiger partial charge in [-0.25, -0.2) is 4.98 Å². The average molecular weight is 270 g/mol. The number of nitrogens with zero attached hydrogens (tertiary/aromatic N) is 1. The van der Waals surface area contributed by atoms with Crippen molar-refractivity contribution >= 4 is 5.69 Å². The Morgan fingerprint density at radius 1 is 1.05 bits per heavy atom. The standard InChI is InChI=1S/C17H22N2O/c1-12(2)20-17-16(6-5-11-18-17)19-14(4)15-9-7-13(3)8-10-15/h5-12,14,19H,1-4H3. The fourth-order valence-electron chi connectivity index (χ4n) is 1.99. The van der Waals surface area contributed by atoms with Crippen LogP contribution in [0.25, 0.3) is 0 Å². The Balaban J connectivity index is 2.15. The van der Waals surface area contributed by atoms with Gasteiger partial charge in [0.15, 0.2) is 0 Å². The first-order valence-corrected chi connectivity index (χ1v) is 7.01. The largest absolute Gasteiger partial charge is 0.473 e. The minimum atomic E-state index is 0.111. The monoisotopic (exact) mass is 270 g/mol. The van der Waals surface area contributed by atoms with Crippen molar-refractivity contribution in [3.63, 3.8) is 0 Å². The molecule has 1 heterocycles. The quantitative estimate of drug-likeness (QED) is 0.877. The zero-order valence-electron chi connectivity index (χ0n) is 12.6. The summed E-state index contributed by atoms with van der Waals surface area (Å²) in [6, 6.07) is 12.7. The average Bonchev–Trinajstić information content (AvgIpc) is 2.41. The molecule has 0 aliphatic carbocycles. The van der Waals surface area contributed by atoms with Crippen molar-refractivity contribution in [2.75, 3.05) is 5.32 Å². The molecule has 0 saturated carbocycles. The third kappa shape index (κ3) is 3.73. The van der Waals surface area contributed by atoms with Gasteiger partial charge in [-0.1, -0.05) is 29.8 Å². The van der Waals surface area contributed by atoms with Crippen molar-refractivity contribution in [3.05, 3.63) is 53.7 Å². The predicted octanol–water partition coefficient (Wildman–Crippen LogP) is 4.35. The molecule has 0 aliphatic rings. The summed E-state index contributed by atoms with van der Waals surface area (Å²) in [6.45, 7) is 8.23. The van der Waals surface area contributed by atoms with Crippen LogP contribution in [0.2, 0.25) is 0 Å². The van der Waals surface area contributed by atoms with Crippen LogP contribution < -0.4 is 10.1 Å². The summed E-state index contributed by atoms with van der Waals surface area (Å²) < 4.78 is 5.73. The Hall–Kier alpha value is -2.03. The molecule has 2 aromatic rings. The normalized spacial score (nSPS) is 12.2. The lowest BCUT2D eigenvalue weighted by molar-refractivity contribution is 0.234. The maximum atomic E-state index is 5.73. The van der Waals surface area contributed by atoms with E-state index in [1.807, 2.05) is 26.0 Å². The van der Waals surface area contributed by atoms with Gasteiger partial charge < -0.3 is 10.1 Å². The van der Waals surface area contributed by atoms with Gasteiger partial charge in [0.25, 0.3) is 0 Å².